The molecule has 8 nitrogen and oxygen atoms in total. The van der Waals surface area contributed by atoms with Crippen molar-refractivity contribution < 1.29 is 8.81 Å². The molecule has 3 heterocycles. The van der Waals surface area contributed by atoms with Crippen LogP contribution in [-0.4, -0.2) is 31.3 Å². The van der Waals surface area contributed by atoms with Gasteiger partial charge in [0.25, 0.3) is 0 Å². The fourth-order valence-corrected chi connectivity index (χ4v) is 5.36. The Morgan fingerprint density at radius 2 is 1.95 bits per heavy atom. The second-order valence-corrected chi connectivity index (χ2v) is 11.0. The molecule has 200 valence electrons. The molecule has 2 fully saturated rings. The Hall–Kier alpha value is -4.42. The number of nitrogens with one attached hydrogen (secondary N) is 1. The second kappa shape index (κ2) is 9.96. The highest BCUT2D eigenvalue weighted by atomic mass is 19.1. The lowest BCUT2D eigenvalue weighted by Crippen LogP contribution is -2.26. The molecule has 0 spiro atoms. The Morgan fingerprint density at radius 1 is 1.07 bits per heavy atom. The Kier molecular flexibility index (Phi) is 6.13. The number of oxazole rings is 1. The van der Waals surface area contributed by atoms with Crippen molar-refractivity contribution in [3.63, 3.8) is 0 Å². The van der Waals surface area contributed by atoms with E-state index in [4.69, 9.17) is 9.40 Å². The predicted octanol–water partition coefficient (Wildman–Crippen LogP) is 6.13. The largest absolute Gasteiger partial charge is 0.432 e. The number of halogens is 1. The first-order valence-electron chi connectivity index (χ1n) is 13.8. The topological polar surface area (TPSA) is 105 Å². The maximum atomic E-state index is 15.1. The van der Waals surface area contributed by atoms with Crippen LogP contribution in [0.5, 0.6) is 0 Å². The molecule has 0 aliphatic heterocycles. The van der Waals surface area contributed by atoms with Crippen LogP contribution >= 0.6 is 0 Å². The fourth-order valence-electron chi connectivity index (χ4n) is 5.36. The molecule has 2 saturated carbocycles. The summed E-state index contributed by atoms with van der Waals surface area (Å²) in [6.45, 7) is 1.55. The average Bonchev–Trinajstić information content (AvgIpc) is 3.56. The zero-order chi connectivity index (χ0) is 27.2. The third kappa shape index (κ3) is 4.65. The second-order valence-electron chi connectivity index (χ2n) is 11.0. The third-order valence-corrected chi connectivity index (χ3v) is 7.96. The Morgan fingerprint density at radius 3 is 2.67 bits per heavy atom. The van der Waals surface area contributed by atoms with Crippen LogP contribution < -0.4 is 5.32 Å². The van der Waals surface area contributed by atoms with Crippen LogP contribution in [0.1, 0.15) is 54.8 Å². The molecule has 2 aliphatic carbocycles. The Balaban J connectivity index is 1.28. The Labute approximate surface area is 230 Å². The molecule has 5 aromatic rings. The quantitative estimate of drug-likeness (QED) is 0.256. The van der Waals surface area contributed by atoms with Crippen LogP contribution in [0.2, 0.25) is 0 Å². The number of hydrogen-bond acceptors (Lipinski definition) is 7. The summed E-state index contributed by atoms with van der Waals surface area (Å²) in [4.78, 5) is 9.57. The van der Waals surface area contributed by atoms with Gasteiger partial charge in [-0.15, -0.1) is 10.2 Å². The maximum Gasteiger partial charge on any atom is 0.246 e. The smallest absolute Gasteiger partial charge is 0.246 e. The van der Waals surface area contributed by atoms with Crippen molar-refractivity contribution in [2.24, 2.45) is 13.0 Å². The number of nitrogens with zero attached hydrogens (tertiary/aromatic N) is 6. The summed E-state index contributed by atoms with van der Waals surface area (Å²) >= 11 is 0. The number of pyridine rings is 1. The molecular weight excluding hydrogens is 505 g/mol. The van der Waals surface area contributed by atoms with Gasteiger partial charge in [0.2, 0.25) is 5.89 Å². The molecule has 7 rings (SSSR count). The summed E-state index contributed by atoms with van der Waals surface area (Å²) < 4.78 is 22.9. The van der Waals surface area contributed by atoms with Crippen molar-refractivity contribution in [3.8, 4) is 40.2 Å². The van der Waals surface area contributed by atoms with Crippen molar-refractivity contribution >= 4 is 11.1 Å². The lowest BCUT2D eigenvalue weighted by molar-refractivity contribution is 0.301. The number of fused-ring (bicyclic) bond motifs is 1. The van der Waals surface area contributed by atoms with Gasteiger partial charge < -0.3 is 14.3 Å². The highest BCUT2D eigenvalue weighted by Crippen LogP contribution is 2.42. The van der Waals surface area contributed by atoms with Crippen LogP contribution in [0, 0.1) is 23.1 Å². The molecule has 40 heavy (non-hydrogen) atoms. The molecule has 2 aromatic carbocycles. The van der Waals surface area contributed by atoms with Crippen LogP contribution in [0.3, 0.4) is 0 Å². The Bertz CT molecular complexity index is 1770. The van der Waals surface area contributed by atoms with Crippen molar-refractivity contribution in [3.05, 3.63) is 71.4 Å². The minimum absolute atomic E-state index is 0.135. The molecular formula is C31H28FN7O. The molecule has 0 amide bonds. The fraction of sp³-hybridized carbons (Fsp3) is 0.323. The van der Waals surface area contributed by atoms with Gasteiger partial charge in [-0.2, -0.15) is 5.26 Å². The minimum Gasteiger partial charge on any atom is -0.432 e. The molecule has 9 heteroatoms. The van der Waals surface area contributed by atoms with Crippen LogP contribution in [0.25, 0.3) is 45.2 Å². The lowest BCUT2D eigenvalue weighted by Gasteiger charge is -2.25. The first-order valence-corrected chi connectivity index (χ1v) is 13.8. The van der Waals surface area contributed by atoms with E-state index in [0.717, 1.165) is 53.3 Å². The molecule has 0 unspecified atom stereocenters. The van der Waals surface area contributed by atoms with E-state index in [9.17, 15) is 5.26 Å². The van der Waals surface area contributed by atoms with E-state index in [2.05, 4.69) is 32.6 Å². The van der Waals surface area contributed by atoms with Gasteiger partial charge in [-0.25, -0.2) is 14.4 Å². The number of hydrogen-bond donors (Lipinski definition) is 1. The van der Waals surface area contributed by atoms with E-state index >= 15 is 4.39 Å². The zero-order valence-electron chi connectivity index (χ0n) is 22.2. The van der Waals surface area contributed by atoms with Crippen LogP contribution in [0.4, 0.5) is 4.39 Å². The predicted molar refractivity (Wildman–Crippen MR) is 148 cm³/mol. The van der Waals surface area contributed by atoms with Crippen molar-refractivity contribution in [2.75, 3.05) is 6.54 Å². The first kappa shape index (κ1) is 24.6. The zero-order valence-corrected chi connectivity index (χ0v) is 22.2. The highest BCUT2D eigenvalue weighted by molar-refractivity contribution is 5.84. The maximum absolute atomic E-state index is 15.1. The van der Waals surface area contributed by atoms with Gasteiger partial charge >= 0.3 is 0 Å². The molecule has 0 radical (unpaired) electrons. The number of rotatable bonds is 8. The van der Waals surface area contributed by atoms with Gasteiger partial charge in [0.1, 0.15) is 17.5 Å². The van der Waals surface area contributed by atoms with E-state index < -0.39 is 5.82 Å². The monoisotopic (exact) mass is 533 g/mol. The van der Waals surface area contributed by atoms with Gasteiger partial charge in [-0.05, 0) is 91.2 Å². The summed E-state index contributed by atoms with van der Waals surface area (Å²) in [5.74, 6) is 1.61. The van der Waals surface area contributed by atoms with Crippen LogP contribution in [0.15, 0.2) is 53.2 Å². The number of aryl methyl sites for hydroxylation is 1. The van der Waals surface area contributed by atoms with E-state index in [1.165, 1.54) is 25.3 Å². The van der Waals surface area contributed by atoms with E-state index in [0.29, 0.717) is 35.1 Å². The SMILES string of the molecule is Cn1cnnc1-c1cc(C#N)ccc1-c1cc(-c2nc3cc(CNCC4CCC4)cc(F)c3o2)nc(C2CC2)c1. The van der Waals surface area contributed by atoms with Crippen LogP contribution in [-0.2, 0) is 13.6 Å². The van der Waals surface area contributed by atoms with Crippen molar-refractivity contribution in [1.82, 2.24) is 30.0 Å². The van der Waals surface area contributed by atoms with Gasteiger partial charge in [-0.3, -0.25) is 0 Å². The van der Waals surface area contributed by atoms with Crippen molar-refractivity contribution in [1.29, 1.82) is 5.26 Å². The van der Waals surface area contributed by atoms with E-state index in [1.807, 2.05) is 35.9 Å². The number of benzene rings is 2. The van der Waals surface area contributed by atoms with Gasteiger partial charge in [0.05, 0.1) is 11.6 Å². The van der Waals surface area contributed by atoms with E-state index in [1.54, 1.807) is 12.4 Å². The lowest BCUT2D eigenvalue weighted by atomic mass is 9.85. The highest BCUT2D eigenvalue weighted by Gasteiger charge is 2.28. The molecule has 1 N–H and O–H groups in total. The summed E-state index contributed by atoms with van der Waals surface area (Å²) in [6, 6.07) is 15.2. The summed E-state index contributed by atoms with van der Waals surface area (Å²) in [5, 5.41) is 21.3. The van der Waals surface area contributed by atoms with E-state index in [-0.39, 0.29) is 11.5 Å². The summed E-state index contributed by atoms with van der Waals surface area (Å²) in [5.41, 5.74) is 6.07. The molecule has 0 saturated heterocycles. The third-order valence-electron chi connectivity index (χ3n) is 7.96. The first-order chi connectivity index (χ1) is 19.6. The number of aromatic nitrogens is 5. The molecule has 0 bridgehead atoms. The summed E-state index contributed by atoms with van der Waals surface area (Å²) in [7, 11) is 1.87. The summed E-state index contributed by atoms with van der Waals surface area (Å²) in [6.07, 6.45) is 7.61. The van der Waals surface area contributed by atoms with Crippen molar-refractivity contribution in [2.45, 2.75) is 44.6 Å². The van der Waals surface area contributed by atoms with Gasteiger partial charge in [0.15, 0.2) is 17.2 Å². The molecule has 3 aromatic heterocycles. The average molecular weight is 534 g/mol. The van der Waals surface area contributed by atoms with Gasteiger partial charge in [0, 0.05) is 30.8 Å². The molecule has 0 atom stereocenters. The standard InChI is InChI=1S/C31H28FN7O/c1-39-17-35-38-30(39)24-9-19(14-33)5-8-23(24)22-12-26(21-6-7-21)36-28(13-22)31-37-27-11-20(10-25(32)29(27)40-31)16-34-15-18-3-2-4-18/h5,8-13,17-18,21,34H,2-4,6-7,15-16H2,1H3. The number of nitriles is 1. The molecule has 2 aliphatic rings. The normalized spacial score (nSPS) is 15.3. The van der Waals surface area contributed by atoms with Gasteiger partial charge in [-0.1, -0.05) is 12.5 Å². The minimum atomic E-state index is -0.424.